The number of carbonyl (C=O) groups is 2. The molecule has 6 rings (SSSR count). The first-order valence-electron chi connectivity index (χ1n) is 17.3. The SMILES string of the molecule is Fc1c(F)c(F)c([B-](c2c(F)c(F)c(F)c(F)c2F)(c2c(F)c(F)c(F)c(F)c2F)c2c(F)c(F)c(F)c(F)c2F)c(F)c1F.[N-]=[N+]=NCC(=O)c1cccc[n+]1CC(=O)c1ccccc1. The van der Waals surface area contributed by atoms with E-state index in [0.717, 1.165) is 0 Å². The standard InChI is InChI=1S/C24BF20.C15H13N4O2/c26-5-1(6(27)14(35)21(42)13(5)34)25(2-7(28)15(36)22(43)16(37)8(2)29,3-9(30)17(38)23(44)18(39)10(3)31)4-11(32)19(40)24(45)20(41)12(4)33;16-18-17-10-14(20)13-8-4-5-9-19(13)11-15(21)12-6-2-1-3-7-12/h;1-9H,10-11H2/q-1;+1. The quantitative estimate of drug-likeness (QED) is 0.0160. The number of pyridine rings is 1. The van der Waals surface area contributed by atoms with Crippen molar-refractivity contribution in [1.82, 2.24) is 0 Å². The molecular formula is C39H13BF20N4O2. The van der Waals surface area contributed by atoms with Crippen LogP contribution in [0.1, 0.15) is 20.8 Å². The normalized spacial score (nSPS) is 11.3. The summed E-state index contributed by atoms with van der Waals surface area (Å²) in [6.45, 7) is -0.206. The van der Waals surface area contributed by atoms with E-state index in [2.05, 4.69) is 10.0 Å². The highest BCUT2D eigenvalue weighted by molar-refractivity contribution is 7.20. The fourth-order valence-electron chi connectivity index (χ4n) is 6.79. The van der Waals surface area contributed by atoms with E-state index in [1.165, 1.54) is 0 Å². The summed E-state index contributed by atoms with van der Waals surface area (Å²) < 4.78 is 296. The lowest BCUT2D eigenvalue weighted by atomic mass is 9.12. The molecule has 5 aromatic carbocycles. The van der Waals surface area contributed by atoms with Crippen LogP contribution in [-0.4, -0.2) is 24.3 Å². The van der Waals surface area contributed by atoms with E-state index in [1.807, 2.05) is 6.07 Å². The number of carbonyl (C=O) groups excluding carboxylic acids is 2. The van der Waals surface area contributed by atoms with Crippen LogP contribution in [0.5, 0.6) is 0 Å². The molecule has 6 nitrogen and oxygen atoms in total. The Morgan fingerprint density at radius 3 is 1.02 bits per heavy atom. The summed E-state index contributed by atoms with van der Waals surface area (Å²) in [4.78, 5) is 26.7. The van der Waals surface area contributed by atoms with E-state index < -0.39 is 144 Å². The Balaban J connectivity index is 0.000000324. The van der Waals surface area contributed by atoms with Gasteiger partial charge in [0.2, 0.25) is 23.8 Å². The van der Waals surface area contributed by atoms with Gasteiger partial charge in [-0.2, -0.15) is 4.57 Å². The van der Waals surface area contributed by atoms with Gasteiger partial charge in [-0.05, 0) is 11.6 Å². The molecule has 0 saturated heterocycles. The van der Waals surface area contributed by atoms with Crippen LogP contribution in [0.3, 0.4) is 0 Å². The highest BCUT2D eigenvalue weighted by atomic mass is 19.2. The molecule has 0 atom stereocenters. The Morgan fingerprint density at radius 2 is 0.712 bits per heavy atom. The molecular weight excluding hydrogens is 947 g/mol. The molecule has 0 saturated carbocycles. The van der Waals surface area contributed by atoms with Crippen molar-refractivity contribution in [2.75, 3.05) is 6.54 Å². The first kappa shape index (κ1) is 49.6. The number of hydrogen-bond donors (Lipinski definition) is 0. The van der Waals surface area contributed by atoms with E-state index in [1.54, 1.807) is 53.2 Å². The van der Waals surface area contributed by atoms with E-state index in [-0.39, 0.29) is 24.7 Å². The van der Waals surface area contributed by atoms with Gasteiger partial charge in [0.1, 0.15) is 52.7 Å². The Bertz CT molecular complexity index is 2660. The van der Waals surface area contributed by atoms with Crippen molar-refractivity contribution in [3.63, 3.8) is 0 Å². The van der Waals surface area contributed by atoms with Crippen molar-refractivity contribution in [3.05, 3.63) is 193 Å². The smallest absolute Gasteiger partial charge is 0.249 e. The number of benzene rings is 5. The molecule has 66 heavy (non-hydrogen) atoms. The Morgan fingerprint density at radius 1 is 0.424 bits per heavy atom. The fraction of sp³-hybridized carbons (Fsp3) is 0.0513. The summed E-state index contributed by atoms with van der Waals surface area (Å²) in [6.07, 6.45) is -5.56. The van der Waals surface area contributed by atoms with Gasteiger partial charge in [0.15, 0.2) is 76.0 Å². The minimum atomic E-state index is -7.22. The number of azide groups is 1. The van der Waals surface area contributed by atoms with E-state index in [9.17, 15) is 62.3 Å². The Kier molecular flexibility index (Phi) is 14.2. The van der Waals surface area contributed by atoms with Crippen molar-refractivity contribution in [2.24, 2.45) is 5.11 Å². The number of aromatic nitrogens is 1. The minimum absolute atomic E-state index is 0.0577. The van der Waals surface area contributed by atoms with Gasteiger partial charge >= 0.3 is 0 Å². The molecule has 1 heterocycles. The van der Waals surface area contributed by atoms with E-state index in [0.29, 0.717) is 11.3 Å². The van der Waals surface area contributed by atoms with Gasteiger partial charge in [0.05, 0.1) is 6.54 Å². The number of rotatable bonds is 10. The van der Waals surface area contributed by atoms with Crippen LogP contribution < -0.4 is 26.4 Å². The highest BCUT2D eigenvalue weighted by Gasteiger charge is 2.52. The molecule has 0 fully saturated rings. The number of hydrogen-bond acceptors (Lipinski definition) is 3. The molecule has 27 heteroatoms. The third kappa shape index (κ3) is 8.02. The molecule has 344 valence electrons. The van der Waals surface area contributed by atoms with Gasteiger partial charge in [-0.3, -0.25) is 9.59 Å². The molecule has 0 amide bonds. The van der Waals surface area contributed by atoms with Crippen LogP contribution in [0.2, 0.25) is 0 Å². The van der Waals surface area contributed by atoms with Crippen LogP contribution in [0.15, 0.2) is 59.8 Å². The first-order chi connectivity index (χ1) is 30.9. The maximum Gasteiger partial charge on any atom is 0.249 e. The first-order valence-corrected chi connectivity index (χ1v) is 17.3. The van der Waals surface area contributed by atoms with Gasteiger partial charge in [0.25, 0.3) is 0 Å². The molecule has 0 aliphatic carbocycles. The number of Topliss-reactive ketones (excluding diaryl/α,β-unsaturated/α-hetero) is 2. The summed E-state index contributed by atoms with van der Waals surface area (Å²) in [7, 11) is 0. The monoisotopic (exact) mass is 960 g/mol. The number of nitrogens with zero attached hydrogens (tertiary/aromatic N) is 4. The van der Waals surface area contributed by atoms with Gasteiger partial charge in [-0.1, -0.05) is 35.4 Å². The molecule has 0 aliphatic heterocycles. The van der Waals surface area contributed by atoms with Crippen molar-refractivity contribution in [2.45, 2.75) is 6.54 Å². The van der Waals surface area contributed by atoms with Gasteiger partial charge in [-0.15, -0.1) is 21.9 Å². The largest absolute Gasteiger partial charge is 0.287 e. The van der Waals surface area contributed by atoms with Crippen LogP contribution in [0.25, 0.3) is 10.4 Å². The molecule has 6 aromatic rings. The van der Waals surface area contributed by atoms with Gasteiger partial charge in [-0.25, -0.2) is 87.8 Å². The fourth-order valence-corrected chi connectivity index (χ4v) is 6.79. The topological polar surface area (TPSA) is 86.8 Å². The molecule has 0 aliphatic rings. The lowest BCUT2D eigenvalue weighted by Crippen LogP contribution is -2.81. The summed E-state index contributed by atoms with van der Waals surface area (Å²) in [6, 6.07) is 13.9. The maximum atomic E-state index is 15.4. The molecule has 0 unspecified atom stereocenters. The second-order valence-corrected chi connectivity index (χ2v) is 13.1. The second-order valence-electron chi connectivity index (χ2n) is 13.1. The van der Waals surface area contributed by atoms with E-state index in [4.69, 9.17) is 5.53 Å². The third-order valence-electron chi connectivity index (χ3n) is 9.62. The van der Waals surface area contributed by atoms with Crippen molar-refractivity contribution < 1.29 is 102 Å². The minimum Gasteiger partial charge on any atom is -0.287 e. The molecule has 0 spiro atoms. The third-order valence-corrected chi connectivity index (χ3v) is 9.62. The average Bonchev–Trinajstić information content (AvgIpc) is 3.31. The number of halogens is 20. The zero-order valence-corrected chi connectivity index (χ0v) is 31.4. The second kappa shape index (κ2) is 19.0. The summed E-state index contributed by atoms with van der Waals surface area (Å²) in [5.74, 6) is -71.8. The lowest BCUT2D eigenvalue weighted by molar-refractivity contribution is -0.685. The predicted octanol–water partition coefficient (Wildman–Crippen LogP) is 8.20. The van der Waals surface area contributed by atoms with Crippen molar-refractivity contribution >= 4 is 39.6 Å². The average molecular weight is 960 g/mol. The van der Waals surface area contributed by atoms with Crippen LogP contribution in [0.4, 0.5) is 87.8 Å². The number of ketones is 2. The predicted molar refractivity (Wildman–Crippen MR) is 185 cm³/mol. The zero-order chi connectivity index (χ0) is 49.4. The van der Waals surface area contributed by atoms with Gasteiger partial charge in [0, 0.05) is 22.6 Å². The van der Waals surface area contributed by atoms with Crippen LogP contribution in [-0.2, 0) is 6.54 Å². The molecule has 0 N–H and O–H groups in total. The van der Waals surface area contributed by atoms with Crippen LogP contribution in [0, 0.1) is 116 Å². The Labute approximate surface area is 352 Å². The highest BCUT2D eigenvalue weighted by Crippen LogP contribution is 2.30. The van der Waals surface area contributed by atoms with Crippen molar-refractivity contribution in [1.29, 1.82) is 0 Å². The maximum absolute atomic E-state index is 15.4. The van der Waals surface area contributed by atoms with Crippen molar-refractivity contribution in [3.8, 4) is 0 Å². The molecule has 0 bridgehead atoms. The van der Waals surface area contributed by atoms with Crippen LogP contribution >= 0.6 is 0 Å². The summed E-state index contributed by atoms with van der Waals surface area (Å²) >= 11 is 0. The summed E-state index contributed by atoms with van der Waals surface area (Å²) in [5, 5.41) is 3.26. The molecule has 0 radical (unpaired) electrons. The Hall–Kier alpha value is -7.44. The zero-order valence-electron chi connectivity index (χ0n) is 31.4. The summed E-state index contributed by atoms with van der Waals surface area (Å²) in [5.41, 5.74) is -5.13. The molecule has 1 aromatic heterocycles. The van der Waals surface area contributed by atoms with Gasteiger partial charge < -0.3 is 0 Å². The van der Waals surface area contributed by atoms with E-state index >= 15 is 35.1 Å². The lowest BCUT2D eigenvalue weighted by Gasteiger charge is -2.44.